The molecule has 1 saturated heterocycles. The number of anilines is 1. The molecular formula is C23H30ClFN4O2. The lowest BCUT2D eigenvalue weighted by Gasteiger charge is -2.41. The summed E-state index contributed by atoms with van der Waals surface area (Å²) in [6.07, 6.45) is 5.47. The van der Waals surface area contributed by atoms with Gasteiger partial charge in [0.05, 0.1) is 5.02 Å². The van der Waals surface area contributed by atoms with Crippen molar-refractivity contribution in [3.05, 3.63) is 41.4 Å². The molecule has 0 saturated carbocycles. The van der Waals surface area contributed by atoms with E-state index in [1.807, 2.05) is 4.90 Å². The topological polar surface area (TPSA) is 58.6 Å². The normalized spacial score (nSPS) is 17.5. The van der Waals surface area contributed by atoms with Crippen molar-refractivity contribution in [1.82, 2.24) is 14.9 Å². The largest absolute Gasteiger partial charge is 0.439 e. The van der Waals surface area contributed by atoms with Crippen LogP contribution in [0.5, 0.6) is 11.6 Å². The minimum Gasteiger partial charge on any atom is -0.439 e. The third-order valence-corrected chi connectivity index (χ3v) is 6.01. The quantitative estimate of drug-likeness (QED) is 0.547. The first-order chi connectivity index (χ1) is 14.9. The Kier molecular flexibility index (Phi) is 8.07. The SMILES string of the molecule is CCCCC(CC)C(=O)N1CCN(c2cc(Oc3ccc(F)c(Cl)c3)ncn2)CC1C. The molecule has 2 heterocycles. The van der Waals surface area contributed by atoms with E-state index in [9.17, 15) is 9.18 Å². The predicted molar refractivity (Wildman–Crippen MR) is 120 cm³/mol. The fraction of sp³-hybridized carbons (Fsp3) is 0.522. The molecule has 8 heteroatoms. The molecule has 2 atom stereocenters. The summed E-state index contributed by atoms with van der Waals surface area (Å²) in [4.78, 5) is 25.7. The smallest absolute Gasteiger partial charge is 0.226 e. The number of hydrogen-bond donors (Lipinski definition) is 0. The van der Waals surface area contributed by atoms with Crippen LogP contribution in [0.25, 0.3) is 0 Å². The molecule has 3 rings (SSSR count). The first kappa shape index (κ1) is 23.3. The molecule has 1 fully saturated rings. The van der Waals surface area contributed by atoms with Crippen LogP contribution < -0.4 is 9.64 Å². The maximum Gasteiger partial charge on any atom is 0.226 e. The number of aromatic nitrogens is 2. The third-order valence-electron chi connectivity index (χ3n) is 5.72. The Morgan fingerprint density at radius 2 is 2.10 bits per heavy atom. The summed E-state index contributed by atoms with van der Waals surface area (Å²) in [5.41, 5.74) is 0. The van der Waals surface area contributed by atoms with E-state index in [0.29, 0.717) is 31.3 Å². The summed E-state index contributed by atoms with van der Waals surface area (Å²) in [5.74, 6) is 1.36. The molecule has 0 N–H and O–H groups in total. The molecule has 31 heavy (non-hydrogen) atoms. The maximum absolute atomic E-state index is 13.4. The highest BCUT2D eigenvalue weighted by Crippen LogP contribution is 2.27. The fourth-order valence-electron chi connectivity index (χ4n) is 3.90. The zero-order chi connectivity index (χ0) is 22.4. The van der Waals surface area contributed by atoms with Crippen molar-refractivity contribution in [3.8, 4) is 11.6 Å². The summed E-state index contributed by atoms with van der Waals surface area (Å²) >= 11 is 5.82. The molecule has 1 aliphatic rings. The minimum absolute atomic E-state index is 0.00860. The summed E-state index contributed by atoms with van der Waals surface area (Å²) in [6.45, 7) is 8.37. The summed E-state index contributed by atoms with van der Waals surface area (Å²) in [5, 5.41) is -0.00860. The summed E-state index contributed by atoms with van der Waals surface area (Å²) in [6, 6.07) is 6.00. The van der Waals surface area contributed by atoms with Gasteiger partial charge in [-0.1, -0.05) is 38.3 Å². The molecular weight excluding hydrogens is 419 g/mol. The molecule has 1 aliphatic heterocycles. The molecule has 2 aromatic rings. The first-order valence-corrected chi connectivity index (χ1v) is 11.3. The van der Waals surface area contributed by atoms with E-state index >= 15 is 0 Å². The Bertz CT molecular complexity index is 898. The van der Waals surface area contributed by atoms with Gasteiger partial charge in [-0.25, -0.2) is 14.4 Å². The van der Waals surface area contributed by atoms with Crippen molar-refractivity contribution in [2.24, 2.45) is 5.92 Å². The van der Waals surface area contributed by atoms with Gasteiger partial charge in [-0.3, -0.25) is 4.79 Å². The molecule has 2 unspecified atom stereocenters. The van der Waals surface area contributed by atoms with Crippen LogP contribution in [0.3, 0.4) is 0 Å². The molecule has 1 amide bonds. The third kappa shape index (κ3) is 5.85. The number of unbranched alkanes of at least 4 members (excludes halogenated alkanes) is 1. The van der Waals surface area contributed by atoms with Crippen LogP contribution in [-0.2, 0) is 4.79 Å². The van der Waals surface area contributed by atoms with Gasteiger partial charge in [0.25, 0.3) is 0 Å². The van der Waals surface area contributed by atoms with Gasteiger partial charge in [-0.2, -0.15) is 0 Å². The maximum atomic E-state index is 13.4. The van der Waals surface area contributed by atoms with Crippen LogP contribution in [-0.4, -0.2) is 46.5 Å². The number of hydrogen-bond acceptors (Lipinski definition) is 5. The number of halogens is 2. The van der Waals surface area contributed by atoms with E-state index in [2.05, 4.69) is 35.6 Å². The highest BCUT2D eigenvalue weighted by atomic mass is 35.5. The van der Waals surface area contributed by atoms with Crippen molar-refractivity contribution in [3.63, 3.8) is 0 Å². The van der Waals surface area contributed by atoms with Crippen molar-refractivity contribution in [2.75, 3.05) is 24.5 Å². The Labute approximate surface area is 188 Å². The molecule has 0 aliphatic carbocycles. The number of benzene rings is 1. The highest BCUT2D eigenvalue weighted by Gasteiger charge is 2.31. The molecule has 0 spiro atoms. The van der Waals surface area contributed by atoms with Gasteiger partial charge in [-0.15, -0.1) is 0 Å². The Balaban J connectivity index is 1.65. The molecule has 1 aromatic heterocycles. The van der Waals surface area contributed by atoms with E-state index in [1.165, 1.54) is 24.5 Å². The molecule has 1 aromatic carbocycles. The number of carbonyl (C=O) groups excluding carboxylic acids is 1. The highest BCUT2D eigenvalue weighted by molar-refractivity contribution is 6.30. The van der Waals surface area contributed by atoms with E-state index < -0.39 is 5.82 Å². The van der Waals surface area contributed by atoms with Gasteiger partial charge in [0.1, 0.15) is 23.7 Å². The van der Waals surface area contributed by atoms with Gasteiger partial charge in [0.2, 0.25) is 11.8 Å². The number of carbonyl (C=O) groups is 1. The van der Waals surface area contributed by atoms with Crippen LogP contribution in [0.2, 0.25) is 5.02 Å². The second-order valence-corrected chi connectivity index (χ2v) is 8.37. The van der Waals surface area contributed by atoms with Crippen molar-refractivity contribution in [2.45, 2.75) is 52.5 Å². The minimum atomic E-state index is -0.501. The lowest BCUT2D eigenvalue weighted by atomic mass is 9.96. The van der Waals surface area contributed by atoms with Crippen LogP contribution in [0.1, 0.15) is 46.5 Å². The van der Waals surface area contributed by atoms with Crippen molar-refractivity contribution in [1.29, 1.82) is 0 Å². The number of piperazine rings is 1. The van der Waals surface area contributed by atoms with Gasteiger partial charge >= 0.3 is 0 Å². The summed E-state index contributed by atoms with van der Waals surface area (Å²) < 4.78 is 19.1. The van der Waals surface area contributed by atoms with E-state index in [1.54, 1.807) is 6.07 Å². The van der Waals surface area contributed by atoms with E-state index in [0.717, 1.165) is 31.5 Å². The zero-order valence-corrected chi connectivity index (χ0v) is 19.1. The van der Waals surface area contributed by atoms with Crippen molar-refractivity contribution < 1.29 is 13.9 Å². The number of rotatable bonds is 8. The van der Waals surface area contributed by atoms with Gasteiger partial charge in [0.15, 0.2) is 0 Å². The second kappa shape index (κ2) is 10.8. The summed E-state index contributed by atoms with van der Waals surface area (Å²) in [7, 11) is 0. The van der Waals surface area contributed by atoms with Crippen molar-refractivity contribution >= 4 is 23.3 Å². The van der Waals surface area contributed by atoms with Crippen LogP contribution in [0, 0.1) is 11.7 Å². The Hall–Kier alpha value is -2.41. The van der Waals surface area contributed by atoms with Gasteiger partial charge in [0, 0.05) is 43.7 Å². The van der Waals surface area contributed by atoms with Crippen LogP contribution in [0.15, 0.2) is 30.6 Å². The Morgan fingerprint density at radius 1 is 1.29 bits per heavy atom. The van der Waals surface area contributed by atoms with Crippen LogP contribution in [0.4, 0.5) is 10.2 Å². The van der Waals surface area contributed by atoms with Gasteiger partial charge in [-0.05, 0) is 31.9 Å². The molecule has 6 nitrogen and oxygen atoms in total. The first-order valence-electron chi connectivity index (χ1n) is 10.9. The average Bonchev–Trinajstić information content (AvgIpc) is 2.77. The number of amides is 1. The standard InChI is InChI=1S/C23H30ClFN4O2/c1-4-6-7-17(5-2)23(30)29-11-10-28(14-16(29)3)21-13-22(27-15-26-21)31-18-8-9-20(25)19(24)12-18/h8-9,12-13,15-17H,4-7,10-11,14H2,1-3H3. The zero-order valence-electron chi connectivity index (χ0n) is 18.4. The van der Waals surface area contributed by atoms with Crippen LogP contribution >= 0.6 is 11.6 Å². The number of nitrogens with zero attached hydrogens (tertiary/aromatic N) is 4. The fourth-order valence-corrected chi connectivity index (χ4v) is 4.07. The molecule has 0 radical (unpaired) electrons. The van der Waals surface area contributed by atoms with Gasteiger partial charge < -0.3 is 14.5 Å². The van der Waals surface area contributed by atoms with E-state index in [4.69, 9.17) is 16.3 Å². The monoisotopic (exact) mass is 448 g/mol. The number of ether oxygens (including phenoxy) is 1. The second-order valence-electron chi connectivity index (χ2n) is 7.97. The molecule has 168 valence electrons. The average molecular weight is 449 g/mol. The van der Waals surface area contributed by atoms with E-state index in [-0.39, 0.29) is 22.9 Å². The predicted octanol–water partition coefficient (Wildman–Crippen LogP) is 5.31. The molecule has 0 bridgehead atoms. The Morgan fingerprint density at radius 3 is 2.77 bits per heavy atom. The lowest BCUT2D eigenvalue weighted by molar-refractivity contribution is -0.138. The lowest BCUT2D eigenvalue weighted by Crippen LogP contribution is -2.55.